The minimum atomic E-state index is -1.15. The summed E-state index contributed by atoms with van der Waals surface area (Å²) < 4.78 is 23.4. The second-order valence-corrected chi connectivity index (χ2v) is 6.29. The Bertz CT molecular complexity index is 783. The monoisotopic (exact) mass is 430 g/mol. The van der Waals surface area contributed by atoms with Gasteiger partial charge < -0.3 is 25.7 Å². The van der Waals surface area contributed by atoms with Gasteiger partial charge in [0.2, 0.25) is 11.7 Å². The van der Waals surface area contributed by atoms with Crippen LogP contribution in [0, 0.1) is 5.82 Å². The highest BCUT2D eigenvalue weighted by Crippen LogP contribution is 2.21. The summed E-state index contributed by atoms with van der Waals surface area (Å²) in [5.41, 5.74) is 0.457. The Morgan fingerprint density at radius 3 is 2.96 bits per heavy atom. The summed E-state index contributed by atoms with van der Waals surface area (Å²) in [7, 11) is 0. The Kier molecular flexibility index (Phi) is 5.98. The van der Waals surface area contributed by atoms with Gasteiger partial charge in [-0.3, -0.25) is 5.32 Å². The molecule has 12 heteroatoms. The summed E-state index contributed by atoms with van der Waals surface area (Å²) in [5, 5.41) is 38.1. The molecule has 0 amide bonds. The molecule has 0 bridgehead atoms. The van der Waals surface area contributed by atoms with Crippen molar-refractivity contribution in [1.82, 2.24) is 15.6 Å². The maximum atomic E-state index is 13.3. The lowest BCUT2D eigenvalue weighted by molar-refractivity contribution is 0.135. The molecule has 10 nitrogen and oxygen atoms in total. The molecule has 0 saturated carbocycles. The highest BCUT2D eigenvalue weighted by molar-refractivity contribution is 9.10. The number of ether oxygens (including phenoxy) is 1. The maximum absolute atomic E-state index is 13.3. The third kappa shape index (κ3) is 4.46. The fourth-order valence-corrected chi connectivity index (χ4v) is 2.72. The third-order valence-corrected chi connectivity index (χ3v) is 4.20. The minimum Gasteiger partial charge on any atom is -0.409 e. The predicted molar refractivity (Wildman–Crippen MR) is 92.3 cm³/mol. The normalized spacial score (nSPS) is 18.7. The van der Waals surface area contributed by atoms with Crippen LogP contribution in [0.3, 0.4) is 0 Å². The lowest BCUT2D eigenvalue weighted by atomic mass is 10.2. The first kappa shape index (κ1) is 18.5. The molecule has 140 valence electrons. The smallest absolute Gasteiger partial charge is 0.205 e. The zero-order valence-corrected chi connectivity index (χ0v) is 14.9. The first-order valence-corrected chi connectivity index (χ1v) is 8.41. The Balaban J connectivity index is 1.69. The van der Waals surface area contributed by atoms with Crippen molar-refractivity contribution in [3.05, 3.63) is 34.2 Å². The van der Waals surface area contributed by atoms with Crippen LogP contribution in [0.5, 0.6) is 0 Å². The number of rotatable bonds is 6. The van der Waals surface area contributed by atoms with Crippen LogP contribution in [0.4, 0.5) is 15.9 Å². The summed E-state index contributed by atoms with van der Waals surface area (Å²) in [6.07, 6.45) is -0.375. The number of halogens is 2. The van der Waals surface area contributed by atoms with Crippen LogP contribution >= 0.6 is 15.9 Å². The molecule has 1 fully saturated rings. The van der Waals surface area contributed by atoms with E-state index in [9.17, 15) is 14.7 Å². The molecule has 0 aliphatic carbocycles. The average molecular weight is 431 g/mol. The number of nitrogens with zero attached hydrogens (tertiary/aromatic N) is 3. The Morgan fingerprint density at radius 1 is 1.42 bits per heavy atom. The van der Waals surface area contributed by atoms with Crippen LogP contribution in [-0.4, -0.2) is 52.1 Å². The molecule has 1 aliphatic rings. The standard InChI is InChI=1S/C14H16BrFN6O4/c15-9-5-7(1-2-10(9)16)17-12(20-24)11-13(22-26-21-11)19-14(23)18-8-3-4-25-6-8/h1-2,5,8,14,18,23-24H,3-4,6H2,(H,17,20)(H,19,22). The van der Waals surface area contributed by atoms with Gasteiger partial charge >= 0.3 is 0 Å². The largest absolute Gasteiger partial charge is 0.409 e. The molecule has 1 saturated heterocycles. The van der Waals surface area contributed by atoms with Gasteiger partial charge in [0, 0.05) is 18.3 Å². The number of hydrogen-bond acceptors (Lipinski definition) is 9. The second-order valence-electron chi connectivity index (χ2n) is 5.44. The van der Waals surface area contributed by atoms with Gasteiger partial charge in [-0.2, -0.15) is 0 Å². The molecule has 2 aromatic rings. The number of nitrogens with one attached hydrogen (secondary N) is 3. The highest BCUT2D eigenvalue weighted by atomic mass is 79.9. The van der Waals surface area contributed by atoms with Gasteiger partial charge in [0.15, 0.2) is 12.0 Å². The van der Waals surface area contributed by atoms with Crippen molar-refractivity contribution in [3.8, 4) is 0 Å². The van der Waals surface area contributed by atoms with Gasteiger partial charge in [0.05, 0.1) is 11.1 Å². The molecular weight excluding hydrogens is 415 g/mol. The Hall–Kier alpha value is -2.28. The summed E-state index contributed by atoms with van der Waals surface area (Å²) in [5.74, 6) is -0.498. The van der Waals surface area contributed by atoms with Crippen molar-refractivity contribution in [2.75, 3.05) is 23.8 Å². The molecule has 0 radical (unpaired) electrons. The molecule has 5 N–H and O–H groups in total. The van der Waals surface area contributed by atoms with Crippen LogP contribution < -0.4 is 16.0 Å². The molecule has 1 aromatic carbocycles. The van der Waals surface area contributed by atoms with Crippen LogP contribution in [0.25, 0.3) is 0 Å². The third-order valence-electron chi connectivity index (χ3n) is 3.59. The SMILES string of the molecule is O/N=C(\Nc1ccc(F)c(Br)c1)c1nonc1NC(O)NC1CCOC1. The van der Waals surface area contributed by atoms with E-state index in [2.05, 4.69) is 52.0 Å². The van der Waals surface area contributed by atoms with Crippen molar-refractivity contribution in [1.29, 1.82) is 0 Å². The minimum absolute atomic E-state index is 0.00137. The molecule has 1 aromatic heterocycles. The molecule has 26 heavy (non-hydrogen) atoms. The van der Waals surface area contributed by atoms with Gasteiger partial charge in [-0.15, -0.1) is 0 Å². The van der Waals surface area contributed by atoms with E-state index in [1.54, 1.807) is 0 Å². The van der Waals surface area contributed by atoms with Crippen molar-refractivity contribution >= 4 is 33.3 Å². The van der Waals surface area contributed by atoms with E-state index >= 15 is 0 Å². The maximum Gasteiger partial charge on any atom is 0.205 e. The number of aliphatic hydroxyl groups excluding tert-OH is 1. The van der Waals surface area contributed by atoms with Crippen molar-refractivity contribution in [2.45, 2.75) is 18.8 Å². The summed E-state index contributed by atoms with van der Waals surface area (Å²) in [6.45, 7) is 1.12. The van der Waals surface area contributed by atoms with Gasteiger partial charge in [0.25, 0.3) is 0 Å². The number of anilines is 2. The lowest BCUT2D eigenvalue weighted by Crippen LogP contribution is -2.43. The molecule has 0 spiro atoms. The summed E-state index contributed by atoms with van der Waals surface area (Å²) >= 11 is 3.07. The van der Waals surface area contributed by atoms with E-state index in [1.165, 1.54) is 18.2 Å². The fourth-order valence-electron chi connectivity index (χ4n) is 2.34. The van der Waals surface area contributed by atoms with Gasteiger partial charge in [-0.25, -0.2) is 9.02 Å². The fraction of sp³-hybridized carbons (Fsp3) is 0.357. The van der Waals surface area contributed by atoms with Crippen molar-refractivity contribution < 1.29 is 24.1 Å². The quantitative estimate of drug-likeness (QED) is 0.151. The molecule has 2 unspecified atom stereocenters. The Morgan fingerprint density at radius 2 is 2.27 bits per heavy atom. The number of aliphatic hydroxyl groups is 1. The zero-order valence-electron chi connectivity index (χ0n) is 13.3. The van der Waals surface area contributed by atoms with E-state index in [4.69, 9.17) is 4.74 Å². The number of amidine groups is 1. The predicted octanol–water partition coefficient (Wildman–Crippen LogP) is 1.29. The molecule has 2 atom stereocenters. The van der Waals surface area contributed by atoms with Crippen LogP contribution in [-0.2, 0) is 4.74 Å². The Labute approximate surface area is 155 Å². The van der Waals surface area contributed by atoms with Crippen LogP contribution in [0.15, 0.2) is 32.5 Å². The lowest BCUT2D eigenvalue weighted by Gasteiger charge is -2.18. The average Bonchev–Trinajstić information content (AvgIpc) is 3.28. The zero-order chi connectivity index (χ0) is 18.5. The van der Waals surface area contributed by atoms with E-state index in [0.29, 0.717) is 18.9 Å². The van der Waals surface area contributed by atoms with E-state index in [-0.39, 0.29) is 27.9 Å². The van der Waals surface area contributed by atoms with E-state index < -0.39 is 12.2 Å². The topological polar surface area (TPSA) is 137 Å². The number of hydrogen-bond donors (Lipinski definition) is 5. The van der Waals surface area contributed by atoms with Crippen LogP contribution in [0.1, 0.15) is 12.1 Å². The van der Waals surface area contributed by atoms with Gasteiger partial charge in [-0.1, -0.05) is 5.16 Å². The number of benzene rings is 1. The molecular formula is C14H16BrFN6O4. The number of oxime groups is 1. The summed E-state index contributed by atoms with van der Waals surface area (Å²) in [6, 6.07) is 4.14. The van der Waals surface area contributed by atoms with Crippen molar-refractivity contribution in [3.63, 3.8) is 0 Å². The van der Waals surface area contributed by atoms with Gasteiger partial charge in [0.1, 0.15) is 5.82 Å². The second kappa shape index (κ2) is 8.40. The molecule has 3 rings (SSSR count). The van der Waals surface area contributed by atoms with Crippen LogP contribution in [0.2, 0.25) is 0 Å². The number of aromatic nitrogens is 2. The first-order valence-electron chi connectivity index (χ1n) is 7.62. The molecule has 2 heterocycles. The van der Waals surface area contributed by atoms with E-state index in [1.807, 2.05) is 0 Å². The summed E-state index contributed by atoms with van der Waals surface area (Å²) in [4.78, 5) is 0. The van der Waals surface area contributed by atoms with Gasteiger partial charge in [-0.05, 0) is 50.9 Å². The van der Waals surface area contributed by atoms with E-state index in [0.717, 1.165) is 6.42 Å². The highest BCUT2D eigenvalue weighted by Gasteiger charge is 2.23. The molecule has 1 aliphatic heterocycles. The van der Waals surface area contributed by atoms with Crippen molar-refractivity contribution in [2.24, 2.45) is 5.16 Å². The first-order chi connectivity index (χ1) is 12.6.